The molecule has 0 spiro atoms. The van der Waals surface area contributed by atoms with Crippen molar-refractivity contribution in [1.82, 2.24) is 15.1 Å². The second kappa shape index (κ2) is 9.29. The second-order valence-corrected chi connectivity index (χ2v) is 7.09. The number of benzene rings is 1. The van der Waals surface area contributed by atoms with Crippen LogP contribution in [-0.4, -0.2) is 47.5 Å². The van der Waals surface area contributed by atoms with E-state index < -0.39 is 0 Å². The predicted molar refractivity (Wildman–Crippen MR) is 98.8 cm³/mol. The summed E-state index contributed by atoms with van der Waals surface area (Å²) in [5.41, 5.74) is 0.979. The summed E-state index contributed by atoms with van der Waals surface area (Å²) in [6.45, 7) is 4.78. The molecule has 0 radical (unpaired) electrons. The number of hydrogen-bond donors (Lipinski definition) is 1. The van der Waals surface area contributed by atoms with Gasteiger partial charge >= 0.3 is 0 Å². The van der Waals surface area contributed by atoms with E-state index in [0.29, 0.717) is 18.8 Å². The summed E-state index contributed by atoms with van der Waals surface area (Å²) in [6.07, 6.45) is 1.75. The first-order chi connectivity index (χ1) is 11.6. The first-order valence-electron chi connectivity index (χ1n) is 7.31. The van der Waals surface area contributed by atoms with E-state index in [9.17, 15) is 4.79 Å². The lowest BCUT2D eigenvalue weighted by Gasteiger charge is -2.18. The Kier molecular flexibility index (Phi) is 7.07. The highest BCUT2D eigenvalue weighted by atomic mass is 32.2. The number of anilines is 1. The summed E-state index contributed by atoms with van der Waals surface area (Å²) in [5, 5.41) is 11.9. The molecule has 6 nitrogen and oxygen atoms in total. The topological polar surface area (TPSA) is 67.4 Å². The summed E-state index contributed by atoms with van der Waals surface area (Å²) in [4.78, 5) is 14.0. The normalized spacial score (nSPS) is 10.2. The van der Waals surface area contributed by atoms with E-state index in [2.05, 4.69) is 22.1 Å². The molecule has 1 N–H and O–H groups in total. The van der Waals surface area contributed by atoms with Gasteiger partial charge in [0.1, 0.15) is 5.75 Å². The fourth-order valence-electron chi connectivity index (χ4n) is 1.91. The molecule has 0 saturated heterocycles. The van der Waals surface area contributed by atoms with Crippen LogP contribution in [0.25, 0.3) is 0 Å². The number of aromatic nitrogens is 2. The number of para-hydroxylation sites is 1. The lowest BCUT2D eigenvalue weighted by Crippen LogP contribution is -2.27. The van der Waals surface area contributed by atoms with Crippen LogP contribution in [0.15, 0.2) is 41.3 Å². The molecule has 0 bridgehead atoms. The molecule has 0 fully saturated rings. The van der Waals surface area contributed by atoms with Crippen molar-refractivity contribution < 1.29 is 9.53 Å². The van der Waals surface area contributed by atoms with Crippen LogP contribution in [-0.2, 0) is 11.3 Å². The molecule has 0 aliphatic carbocycles. The average Bonchev–Trinajstić information content (AvgIpc) is 3.06. The minimum absolute atomic E-state index is 0.0294. The number of methoxy groups -OCH3 is 1. The van der Waals surface area contributed by atoms with Crippen molar-refractivity contribution in [2.45, 2.75) is 10.9 Å². The van der Waals surface area contributed by atoms with Crippen LogP contribution in [0.3, 0.4) is 0 Å². The highest BCUT2D eigenvalue weighted by molar-refractivity contribution is 8.01. The monoisotopic (exact) mass is 364 g/mol. The van der Waals surface area contributed by atoms with Crippen molar-refractivity contribution >= 4 is 34.1 Å². The molecule has 24 heavy (non-hydrogen) atoms. The summed E-state index contributed by atoms with van der Waals surface area (Å²) >= 11 is 2.82. The minimum atomic E-state index is 0.0294. The molecule has 0 aliphatic heterocycles. The number of hydrogen-bond acceptors (Lipinski definition) is 7. The lowest BCUT2D eigenvalue weighted by molar-refractivity contribution is -0.127. The first-order valence-corrected chi connectivity index (χ1v) is 9.11. The summed E-state index contributed by atoms with van der Waals surface area (Å²) in [5.74, 6) is 1.13. The van der Waals surface area contributed by atoms with Crippen molar-refractivity contribution in [1.29, 1.82) is 0 Å². The Morgan fingerprint density at radius 1 is 1.46 bits per heavy atom. The fourth-order valence-corrected chi connectivity index (χ4v) is 3.61. The van der Waals surface area contributed by atoms with Gasteiger partial charge in [0.25, 0.3) is 0 Å². The van der Waals surface area contributed by atoms with Gasteiger partial charge in [-0.2, -0.15) is 0 Å². The molecule has 0 aliphatic rings. The largest absolute Gasteiger partial charge is 0.496 e. The van der Waals surface area contributed by atoms with Gasteiger partial charge < -0.3 is 15.0 Å². The molecule has 2 rings (SSSR count). The van der Waals surface area contributed by atoms with Crippen molar-refractivity contribution in [3.8, 4) is 5.75 Å². The zero-order valence-electron chi connectivity index (χ0n) is 13.7. The van der Waals surface area contributed by atoms with Crippen LogP contribution in [0.2, 0.25) is 0 Å². The van der Waals surface area contributed by atoms with Crippen LogP contribution in [0.5, 0.6) is 5.75 Å². The standard InChI is InChI=1S/C16H20N4O2S2/c1-4-9-17-15-18-19-16(24-15)23-11-14(21)20(2)10-12-7-5-6-8-13(12)22-3/h4-8H,1,9-11H2,2-3H3,(H,17,18). The molecule has 128 valence electrons. The van der Waals surface area contributed by atoms with Gasteiger partial charge in [0, 0.05) is 25.7 Å². The van der Waals surface area contributed by atoms with Gasteiger partial charge in [-0.15, -0.1) is 16.8 Å². The van der Waals surface area contributed by atoms with Gasteiger partial charge in [0.2, 0.25) is 11.0 Å². The Hall–Kier alpha value is -2.06. The Bertz CT molecular complexity index is 690. The van der Waals surface area contributed by atoms with Crippen molar-refractivity contribution in [2.24, 2.45) is 0 Å². The van der Waals surface area contributed by atoms with Crippen LogP contribution in [0.4, 0.5) is 5.13 Å². The van der Waals surface area contributed by atoms with Gasteiger partial charge in [0.15, 0.2) is 4.34 Å². The third kappa shape index (κ3) is 5.24. The molecular weight excluding hydrogens is 344 g/mol. The lowest BCUT2D eigenvalue weighted by atomic mass is 10.2. The molecule has 0 atom stereocenters. The zero-order valence-corrected chi connectivity index (χ0v) is 15.3. The number of nitrogens with zero attached hydrogens (tertiary/aromatic N) is 3. The van der Waals surface area contributed by atoms with Crippen molar-refractivity contribution in [3.05, 3.63) is 42.5 Å². The quantitative estimate of drug-likeness (QED) is 0.545. The van der Waals surface area contributed by atoms with E-state index in [1.54, 1.807) is 25.1 Å². The molecule has 1 aromatic heterocycles. The summed E-state index contributed by atoms with van der Waals surface area (Å²) in [7, 11) is 3.41. The van der Waals surface area contributed by atoms with E-state index in [0.717, 1.165) is 20.8 Å². The Balaban J connectivity index is 1.85. The van der Waals surface area contributed by atoms with Gasteiger partial charge in [-0.1, -0.05) is 47.4 Å². The van der Waals surface area contributed by atoms with Crippen molar-refractivity contribution in [2.75, 3.05) is 31.8 Å². The minimum Gasteiger partial charge on any atom is -0.496 e. The maximum absolute atomic E-state index is 12.3. The number of rotatable bonds is 9. The van der Waals surface area contributed by atoms with E-state index in [1.165, 1.54) is 23.1 Å². The molecular formula is C16H20N4O2S2. The number of carbonyl (C=O) groups is 1. The van der Waals surface area contributed by atoms with Gasteiger partial charge in [-0.3, -0.25) is 4.79 Å². The van der Waals surface area contributed by atoms with Gasteiger partial charge in [-0.25, -0.2) is 0 Å². The Morgan fingerprint density at radius 3 is 3.00 bits per heavy atom. The zero-order chi connectivity index (χ0) is 17.4. The van der Waals surface area contributed by atoms with E-state index in [1.807, 2.05) is 24.3 Å². The number of ether oxygens (including phenoxy) is 1. The molecule has 8 heteroatoms. The number of nitrogens with one attached hydrogen (secondary N) is 1. The smallest absolute Gasteiger partial charge is 0.233 e. The predicted octanol–water partition coefficient (Wildman–Crippen LogP) is 2.90. The highest BCUT2D eigenvalue weighted by Crippen LogP contribution is 2.26. The van der Waals surface area contributed by atoms with E-state index in [-0.39, 0.29) is 5.91 Å². The maximum atomic E-state index is 12.3. The third-order valence-electron chi connectivity index (χ3n) is 3.15. The van der Waals surface area contributed by atoms with E-state index >= 15 is 0 Å². The van der Waals surface area contributed by atoms with Crippen LogP contribution in [0.1, 0.15) is 5.56 Å². The number of amides is 1. The highest BCUT2D eigenvalue weighted by Gasteiger charge is 2.14. The first kappa shape index (κ1) is 18.3. The fraction of sp³-hybridized carbons (Fsp3) is 0.312. The summed E-state index contributed by atoms with van der Waals surface area (Å²) < 4.78 is 6.08. The average molecular weight is 364 g/mol. The Morgan fingerprint density at radius 2 is 2.25 bits per heavy atom. The molecule has 1 aromatic carbocycles. The van der Waals surface area contributed by atoms with Crippen LogP contribution >= 0.6 is 23.1 Å². The van der Waals surface area contributed by atoms with Gasteiger partial charge in [-0.05, 0) is 6.07 Å². The molecule has 0 unspecified atom stereocenters. The SMILES string of the molecule is C=CCNc1nnc(SCC(=O)N(C)Cc2ccccc2OC)s1. The number of thioether (sulfide) groups is 1. The van der Waals surface area contributed by atoms with E-state index in [4.69, 9.17) is 4.74 Å². The molecule has 1 amide bonds. The molecule has 2 aromatic rings. The third-order valence-corrected chi connectivity index (χ3v) is 5.15. The maximum Gasteiger partial charge on any atom is 0.233 e. The van der Waals surface area contributed by atoms with Crippen molar-refractivity contribution in [3.63, 3.8) is 0 Å². The van der Waals surface area contributed by atoms with Crippen LogP contribution < -0.4 is 10.1 Å². The number of carbonyl (C=O) groups excluding carboxylic acids is 1. The molecule has 1 heterocycles. The molecule has 0 saturated carbocycles. The van der Waals surface area contributed by atoms with Gasteiger partial charge in [0.05, 0.1) is 12.9 Å². The second-order valence-electron chi connectivity index (χ2n) is 4.89. The summed E-state index contributed by atoms with van der Waals surface area (Å²) in [6, 6.07) is 7.69. The van der Waals surface area contributed by atoms with Crippen LogP contribution in [0, 0.1) is 0 Å². The Labute approximate surface area is 149 Å².